The predicted octanol–water partition coefficient (Wildman–Crippen LogP) is 1.64. The molecule has 0 atom stereocenters. The van der Waals surface area contributed by atoms with Gasteiger partial charge in [-0.15, -0.1) is 0 Å². The molecule has 1 heterocycles. The largest absolute Gasteiger partial charge is 0.364 e. The van der Waals surface area contributed by atoms with Crippen LogP contribution in [0.1, 0.15) is 16.1 Å². The highest BCUT2D eigenvalue weighted by Crippen LogP contribution is 2.16. The number of hydrogen-bond acceptors (Lipinski definition) is 2. The fraction of sp³-hybridized carbons (Fsp3) is 0.0909. The van der Waals surface area contributed by atoms with Crippen molar-refractivity contribution in [2.45, 2.75) is 6.92 Å². The van der Waals surface area contributed by atoms with E-state index >= 15 is 0 Å². The first-order valence-corrected chi connectivity index (χ1v) is 4.34. The van der Waals surface area contributed by atoms with Gasteiger partial charge in [0.15, 0.2) is 0 Å². The molecule has 0 fully saturated rings. The molecule has 1 aromatic heterocycles. The standard InChI is InChI=1S/C11H10N2O/c1-7-6-10(11(12)14)13-9-5-3-2-4-8(7)9/h2-6H,1H3,(H2,12,14). The molecule has 2 aromatic rings. The quantitative estimate of drug-likeness (QED) is 0.736. The number of aryl methyl sites for hydroxylation is 1. The fourth-order valence-electron chi connectivity index (χ4n) is 1.48. The average Bonchev–Trinajstić information content (AvgIpc) is 2.17. The smallest absolute Gasteiger partial charge is 0.267 e. The summed E-state index contributed by atoms with van der Waals surface area (Å²) in [6.45, 7) is 1.94. The maximum Gasteiger partial charge on any atom is 0.267 e. The van der Waals surface area contributed by atoms with Crippen LogP contribution in [0.25, 0.3) is 10.9 Å². The zero-order chi connectivity index (χ0) is 10.1. The predicted molar refractivity (Wildman–Crippen MR) is 55.0 cm³/mol. The van der Waals surface area contributed by atoms with E-state index in [1.165, 1.54) is 0 Å². The van der Waals surface area contributed by atoms with Gasteiger partial charge < -0.3 is 5.73 Å². The lowest BCUT2D eigenvalue weighted by Gasteiger charge is -2.02. The third-order valence-electron chi connectivity index (χ3n) is 2.18. The number of para-hydroxylation sites is 1. The lowest BCUT2D eigenvalue weighted by Crippen LogP contribution is -2.13. The van der Waals surface area contributed by atoms with Gasteiger partial charge in [-0.25, -0.2) is 4.98 Å². The number of primary amides is 1. The van der Waals surface area contributed by atoms with Crippen LogP contribution in [-0.2, 0) is 0 Å². The molecule has 1 aromatic carbocycles. The van der Waals surface area contributed by atoms with Crippen molar-refractivity contribution in [3.8, 4) is 0 Å². The maximum absolute atomic E-state index is 11.0. The molecule has 0 spiro atoms. The van der Waals surface area contributed by atoms with Crippen molar-refractivity contribution < 1.29 is 4.79 Å². The summed E-state index contributed by atoms with van der Waals surface area (Å²) >= 11 is 0. The Balaban J connectivity index is 2.78. The van der Waals surface area contributed by atoms with Gasteiger partial charge in [0, 0.05) is 5.39 Å². The van der Waals surface area contributed by atoms with Crippen molar-refractivity contribution in [1.29, 1.82) is 0 Å². The molecule has 1 amide bonds. The van der Waals surface area contributed by atoms with Crippen LogP contribution in [0.15, 0.2) is 30.3 Å². The molecule has 0 aliphatic heterocycles. The number of nitrogens with two attached hydrogens (primary N) is 1. The Morgan fingerprint density at radius 3 is 2.79 bits per heavy atom. The van der Waals surface area contributed by atoms with Crippen molar-refractivity contribution in [3.63, 3.8) is 0 Å². The van der Waals surface area contributed by atoms with Gasteiger partial charge in [0.1, 0.15) is 5.69 Å². The van der Waals surface area contributed by atoms with Gasteiger partial charge in [0.05, 0.1) is 5.52 Å². The van der Waals surface area contributed by atoms with Crippen molar-refractivity contribution in [1.82, 2.24) is 4.98 Å². The third kappa shape index (κ3) is 1.33. The number of amides is 1. The molecular weight excluding hydrogens is 176 g/mol. The number of carbonyl (C=O) groups excluding carboxylic acids is 1. The fourth-order valence-corrected chi connectivity index (χ4v) is 1.48. The number of pyridine rings is 1. The van der Waals surface area contributed by atoms with Gasteiger partial charge in [-0.1, -0.05) is 18.2 Å². The molecule has 3 heteroatoms. The average molecular weight is 186 g/mol. The van der Waals surface area contributed by atoms with Crippen LogP contribution in [-0.4, -0.2) is 10.9 Å². The lowest BCUT2D eigenvalue weighted by atomic mass is 10.1. The first kappa shape index (κ1) is 8.69. The zero-order valence-corrected chi connectivity index (χ0v) is 7.82. The summed E-state index contributed by atoms with van der Waals surface area (Å²) in [5.41, 5.74) is 7.32. The number of aromatic nitrogens is 1. The Labute approximate surface area is 81.6 Å². The van der Waals surface area contributed by atoms with Crippen LogP contribution in [0, 0.1) is 6.92 Å². The Kier molecular flexibility index (Phi) is 1.93. The van der Waals surface area contributed by atoms with Gasteiger partial charge in [-0.3, -0.25) is 4.79 Å². The van der Waals surface area contributed by atoms with E-state index in [2.05, 4.69) is 4.98 Å². The lowest BCUT2D eigenvalue weighted by molar-refractivity contribution is 0.0996. The van der Waals surface area contributed by atoms with E-state index in [4.69, 9.17) is 5.73 Å². The second-order valence-electron chi connectivity index (χ2n) is 3.21. The minimum absolute atomic E-state index is 0.321. The number of fused-ring (bicyclic) bond motifs is 1. The second kappa shape index (κ2) is 3.10. The van der Waals surface area contributed by atoms with Gasteiger partial charge in [0.2, 0.25) is 0 Å². The molecule has 0 bridgehead atoms. The molecule has 3 nitrogen and oxygen atoms in total. The van der Waals surface area contributed by atoms with Crippen LogP contribution in [0.2, 0.25) is 0 Å². The summed E-state index contributed by atoms with van der Waals surface area (Å²) in [6.07, 6.45) is 0. The molecule has 0 unspecified atom stereocenters. The van der Waals surface area contributed by atoms with E-state index < -0.39 is 5.91 Å². The minimum Gasteiger partial charge on any atom is -0.364 e. The van der Waals surface area contributed by atoms with Gasteiger partial charge in [-0.2, -0.15) is 0 Å². The summed E-state index contributed by atoms with van der Waals surface area (Å²) in [6, 6.07) is 9.39. The highest BCUT2D eigenvalue weighted by atomic mass is 16.1. The van der Waals surface area contributed by atoms with Gasteiger partial charge >= 0.3 is 0 Å². The molecule has 0 saturated heterocycles. The van der Waals surface area contributed by atoms with E-state index in [0.717, 1.165) is 16.5 Å². The summed E-state index contributed by atoms with van der Waals surface area (Å²) in [5.74, 6) is -0.487. The van der Waals surface area contributed by atoms with Crippen LogP contribution in [0.5, 0.6) is 0 Å². The number of carbonyl (C=O) groups is 1. The number of rotatable bonds is 1. The number of benzene rings is 1. The maximum atomic E-state index is 11.0. The van der Waals surface area contributed by atoms with E-state index in [1.54, 1.807) is 6.07 Å². The van der Waals surface area contributed by atoms with Crippen LogP contribution < -0.4 is 5.73 Å². The molecule has 0 radical (unpaired) electrons. The van der Waals surface area contributed by atoms with Crippen molar-refractivity contribution >= 4 is 16.8 Å². The molecule has 70 valence electrons. The highest BCUT2D eigenvalue weighted by Gasteiger charge is 2.05. The molecule has 0 aliphatic carbocycles. The minimum atomic E-state index is -0.487. The Hall–Kier alpha value is -1.90. The van der Waals surface area contributed by atoms with Crippen LogP contribution in [0.4, 0.5) is 0 Å². The van der Waals surface area contributed by atoms with E-state index in [0.29, 0.717) is 5.69 Å². The monoisotopic (exact) mass is 186 g/mol. The second-order valence-corrected chi connectivity index (χ2v) is 3.21. The Morgan fingerprint density at radius 1 is 1.36 bits per heavy atom. The molecule has 2 rings (SSSR count). The van der Waals surface area contributed by atoms with E-state index in [-0.39, 0.29) is 0 Å². The third-order valence-corrected chi connectivity index (χ3v) is 2.18. The molecular formula is C11H10N2O. The summed E-state index contributed by atoms with van der Waals surface area (Å²) in [5, 5.41) is 1.05. The van der Waals surface area contributed by atoms with Gasteiger partial charge in [-0.05, 0) is 24.6 Å². The van der Waals surface area contributed by atoms with Crippen molar-refractivity contribution in [2.24, 2.45) is 5.73 Å². The van der Waals surface area contributed by atoms with Crippen molar-refractivity contribution in [3.05, 3.63) is 41.6 Å². The zero-order valence-electron chi connectivity index (χ0n) is 7.82. The molecule has 0 saturated carbocycles. The normalized spacial score (nSPS) is 10.4. The number of nitrogens with zero attached hydrogens (tertiary/aromatic N) is 1. The van der Waals surface area contributed by atoms with Gasteiger partial charge in [0.25, 0.3) is 5.91 Å². The topological polar surface area (TPSA) is 56.0 Å². The Morgan fingerprint density at radius 2 is 2.07 bits per heavy atom. The SMILES string of the molecule is Cc1cc(C(N)=O)nc2ccccc12. The Bertz CT molecular complexity index is 506. The van der Waals surface area contributed by atoms with E-state index in [9.17, 15) is 4.79 Å². The first-order valence-electron chi connectivity index (χ1n) is 4.34. The summed E-state index contributed by atoms with van der Waals surface area (Å²) in [4.78, 5) is 15.1. The van der Waals surface area contributed by atoms with E-state index in [1.807, 2.05) is 31.2 Å². The summed E-state index contributed by atoms with van der Waals surface area (Å²) in [7, 11) is 0. The summed E-state index contributed by atoms with van der Waals surface area (Å²) < 4.78 is 0. The first-order chi connectivity index (χ1) is 6.68. The molecule has 14 heavy (non-hydrogen) atoms. The number of hydrogen-bond donors (Lipinski definition) is 1. The van der Waals surface area contributed by atoms with Crippen LogP contribution >= 0.6 is 0 Å². The highest BCUT2D eigenvalue weighted by molar-refractivity contribution is 5.94. The van der Waals surface area contributed by atoms with Crippen LogP contribution in [0.3, 0.4) is 0 Å². The molecule has 0 aliphatic rings. The van der Waals surface area contributed by atoms with Crippen molar-refractivity contribution in [2.75, 3.05) is 0 Å². The molecule has 2 N–H and O–H groups in total.